The number of nitrogens with one attached hydrogen (secondary N) is 2. The van der Waals surface area contributed by atoms with Gasteiger partial charge >= 0.3 is 0 Å². The standard InChI is InChI=1S/C29H30N4O3/c34-26(16-15-25-29(36)30-24-14-8-7-13-23(24)28(35)31-25)32-17-19-33(20-18-32)27(21-9-3-1-4-10-21)22-11-5-2-6-12-22/h1-14,25,27H,15-20H2,(H,30,36)(H,31,35)/t25-/m0/s1. The summed E-state index contributed by atoms with van der Waals surface area (Å²) in [7, 11) is 0. The van der Waals surface area contributed by atoms with Crippen LogP contribution in [0.4, 0.5) is 5.69 Å². The van der Waals surface area contributed by atoms with Gasteiger partial charge in [-0.3, -0.25) is 19.3 Å². The van der Waals surface area contributed by atoms with Gasteiger partial charge in [-0.2, -0.15) is 0 Å². The van der Waals surface area contributed by atoms with E-state index in [4.69, 9.17) is 0 Å². The van der Waals surface area contributed by atoms with E-state index in [1.165, 1.54) is 11.1 Å². The maximum absolute atomic E-state index is 13.0. The quantitative estimate of drug-likeness (QED) is 0.564. The molecule has 0 spiro atoms. The summed E-state index contributed by atoms with van der Waals surface area (Å²) < 4.78 is 0. The molecule has 7 nitrogen and oxygen atoms in total. The van der Waals surface area contributed by atoms with Crippen LogP contribution >= 0.6 is 0 Å². The molecule has 0 unspecified atom stereocenters. The highest BCUT2D eigenvalue weighted by Crippen LogP contribution is 2.29. The van der Waals surface area contributed by atoms with E-state index < -0.39 is 6.04 Å². The summed E-state index contributed by atoms with van der Waals surface area (Å²) in [6, 6.07) is 27.2. The average Bonchev–Trinajstić information content (AvgIpc) is 3.04. The van der Waals surface area contributed by atoms with Crippen LogP contribution < -0.4 is 10.6 Å². The van der Waals surface area contributed by atoms with Gasteiger partial charge in [0.15, 0.2) is 0 Å². The van der Waals surface area contributed by atoms with Crippen LogP contribution in [0.15, 0.2) is 84.9 Å². The smallest absolute Gasteiger partial charge is 0.254 e. The lowest BCUT2D eigenvalue weighted by atomic mass is 9.96. The third kappa shape index (κ3) is 5.16. The molecule has 0 aromatic heterocycles. The van der Waals surface area contributed by atoms with Crippen molar-refractivity contribution in [1.82, 2.24) is 15.1 Å². The van der Waals surface area contributed by atoms with Gasteiger partial charge in [-0.1, -0.05) is 72.8 Å². The van der Waals surface area contributed by atoms with Crippen molar-refractivity contribution in [2.24, 2.45) is 0 Å². The molecular formula is C29H30N4O3. The summed E-state index contributed by atoms with van der Waals surface area (Å²) in [6.07, 6.45) is 0.469. The third-order valence-corrected chi connectivity index (χ3v) is 6.96. The van der Waals surface area contributed by atoms with Crippen LogP contribution in [0.3, 0.4) is 0 Å². The molecule has 2 aliphatic rings. The molecule has 0 radical (unpaired) electrons. The van der Waals surface area contributed by atoms with E-state index in [1.54, 1.807) is 24.3 Å². The minimum Gasteiger partial charge on any atom is -0.340 e. The van der Waals surface area contributed by atoms with Crippen molar-refractivity contribution in [2.45, 2.75) is 24.9 Å². The van der Waals surface area contributed by atoms with Crippen molar-refractivity contribution in [3.63, 3.8) is 0 Å². The lowest BCUT2D eigenvalue weighted by molar-refractivity contribution is -0.133. The highest BCUT2D eigenvalue weighted by molar-refractivity contribution is 6.09. The van der Waals surface area contributed by atoms with Crippen molar-refractivity contribution >= 4 is 23.4 Å². The number of carbonyl (C=O) groups is 3. The minimum absolute atomic E-state index is 0.00873. The SMILES string of the molecule is O=C1N[C@@H](CCC(=O)N2CCN(C(c3ccccc3)c3ccccc3)CC2)C(=O)Nc2ccccc21. The number of hydrogen-bond acceptors (Lipinski definition) is 4. The summed E-state index contributed by atoms with van der Waals surface area (Å²) >= 11 is 0. The largest absolute Gasteiger partial charge is 0.340 e. The number of piperazine rings is 1. The van der Waals surface area contributed by atoms with E-state index in [9.17, 15) is 14.4 Å². The molecule has 36 heavy (non-hydrogen) atoms. The number of para-hydroxylation sites is 1. The van der Waals surface area contributed by atoms with Gasteiger partial charge < -0.3 is 15.5 Å². The summed E-state index contributed by atoms with van der Waals surface area (Å²) in [5.41, 5.74) is 3.40. The number of amides is 3. The van der Waals surface area contributed by atoms with Crippen LogP contribution in [0.1, 0.15) is 40.4 Å². The fourth-order valence-electron chi connectivity index (χ4n) is 5.05. The Morgan fingerprint density at radius 2 is 1.39 bits per heavy atom. The first kappa shape index (κ1) is 23.8. The molecule has 0 bridgehead atoms. The van der Waals surface area contributed by atoms with Crippen molar-refractivity contribution in [1.29, 1.82) is 0 Å². The predicted molar refractivity (Wildman–Crippen MR) is 138 cm³/mol. The van der Waals surface area contributed by atoms with Gasteiger partial charge in [-0.05, 0) is 29.7 Å². The first-order chi connectivity index (χ1) is 17.6. The van der Waals surface area contributed by atoms with Crippen LogP contribution in [0.25, 0.3) is 0 Å². The van der Waals surface area contributed by atoms with E-state index in [0.29, 0.717) is 24.3 Å². The van der Waals surface area contributed by atoms with Crippen LogP contribution in [-0.4, -0.2) is 59.7 Å². The lowest BCUT2D eigenvalue weighted by Crippen LogP contribution is -2.50. The van der Waals surface area contributed by atoms with Crippen molar-refractivity contribution in [2.75, 3.05) is 31.5 Å². The van der Waals surface area contributed by atoms with E-state index in [1.807, 2.05) is 17.0 Å². The monoisotopic (exact) mass is 482 g/mol. The number of fused-ring (bicyclic) bond motifs is 1. The van der Waals surface area contributed by atoms with E-state index in [0.717, 1.165) is 13.1 Å². The van der Waals surface area contributed by atoms with E-state index in [2.05, 4.69) is 64.1 Å². The average molecular weight is 483 g/mol. The molecule has 5 rings (SSSR count). The second kappa shape index (κ2) is 10.7. The normalized spacial score (nSPS) is 18.2. The van der Waals surface area contributed by atoms with Gasteiger partial charge in [0.25, 0.3) is 5.91 Å². The topological polar surface area (TPSA) is 81.8 Å². The second-order valence-electron chi connectivity index (χ2n) is 9.24. The molecule has 2 N–H and O–H groups in total. The number of rotatable bonds is 6. The van der Waals surface area contributed by atoms with E-state index >= 15 is 0 Å². The number of hydrogen-bond donors (Lipinski definition) is 2. The van der Waals surface area contributed by atoms with Gasteiger partial charge in [0.05, 0.1) is 17.3 Å². The lowest BCUT2D eigenvalue weighted by Gasteiger charge is -2.40. The van der Waals surface area contributed by atoms with Crippen molar-refractivity contribution in [3.05, 3.63) is 102 Å². The third-order valence-electron chi connectivity index (χ3n) is 6.96. The Morgan fingerprint density at radius 1 is 0.806 bits per heavy atom. The van der Waals surface area contributed by atoms with Crippen LogP contribution in [-0.2, 0) is 9.59 Å². The molecule has 3 aromatic rings. The number of carbonyl (C=O) groups excluding carboxylic acids is 3. The van der Waals surface area contributed by atoms with Crippen molar-refractivity contribution < 1.29 is 14.4 Å². The molecule has 3 aromatic carbocycles. The predicted octanol–water partition coefficient (Wildman–Crippen LogP) is 3.45. The zero-order valence-corrected chi connectivity index (χ0v) is 20.1. The fourth-order valence-corrected chi connectivity index (χ4v) is 5.05. The Morgan fingerprint density at radius 3 is 2.03 bits per heavy atom. The highest BCUT2D eigenvalue weighted by atomic mass is 16.2. The molecule has 2 heterocycles. The molecule has 1 fully saturated rings. The second-order valence-corrected chi connectivity index (χ2v) is 9.24. The minimum atomic E-state index is -0.740. The number of nitrogens with zero attached hydrogens (tertiary/aromatic N) is 2. The van der Waals surface area contributed by atoms with E-state index in [-0.39, 0.29) is 36.6 Å². The molecule has 0 saturated carbocycles. The molecule has 3 amide bonds. The summed E-state index contributed by atoms with van der Waals surface area (Å²) in [4.78, 5) is 42.5. The van der Waals surface area contributed by atoms with Gasteiger partial charge in [-0.25, -0.2) is 0 Å². The summed E-state index contributed by atoms with van der Waals surface area (Å²) in [5, 5.41) is 5.57. The van der Waals surface area contributed by atoms with Crippen LogP contribution in [0.2, 0.25) is 0 Å². The fraction of sp³-hybridized carbons (Fsp3) is 0.276. The van der Waals surface area contributed by atoms with Crippen molar-refractivity contribution in [3.8, 4) is 0 Å². The van der Waals surface area contributed by atoms with Crippen LogP contribution in [0.5, 0.6) is 0 Å². The molecule has 1 atom stereocenters. The molecule has 0 aliphatic carbocycles. The Hall–Kier alpha value is -3.97. The summed E-state index contributed by atoms with van der Waals surface area (Å²) in [5.74, 6) is -0.586. The molecular weight excluding hydrogens is 452 g/mol. The summed E-state index contributed by atoms with van der Waals surface area (Å²) in [6.45, 7) is 2.78. The molecule has 1 saturated heterocycles. The maximum atomic E-state index is 13.0. The van der Waals surface area contributed by atoms with Gasteiger partial charge in [-0.15, -0.1) is 0 Å². The highest BCUT2D eigenvalue weighted by Gasteiger charge is 2.31. The molecule has 2 aliphatic heterocycles. The maximum Gasteiger partial charge on any atom is 0.254 e. The van der Waals surface area contributed by atoms with Gasteiger partial charge in [0.2, 0.25) is 11.8 Å². The zero-order chi connectivity index (χ0) is 24.9. The number of benzene rings is 3. The first-order valence-electron chi connectivity index (χ1n) is 12.4. The van der Waals surface area contributed by atoms with Crippen LogP contribution in [0, 0.1) is 0 Å². The van der Waals surface area contributed by atoms with Gasteiger partial charge in [0.1, 0.15) is 6.04 Å². The Balaban J connectivity index is 1.19. The van der Waals surface area contributed by atoms with Gasteiger partial charge in [0, 0.05) is 32.6 Å². The first-order valence-corrected chi connectivity index (χ1v) is 12.4. The Bertz CT molecular complexity index is 1180. The Labute approximate surface area is 211 Å². The number of anilines is 1. The zero-order valence-electron chi connectivity index (χ0n) is 20.1. The Kier molecular flexibility index (Phi) is 7.09. The molecule has 184 valence electrons. The molecule has 7 heteroatoms.